The topological polar surface area (TPSA) is 67.4 Å². The van der Waals surface area contributed by atoms with Crippen LogP contribution in [0, 0.1) is 5.92 Å². The molecule has 0 spiro atoms. The quantitative estimate of drug-likeness (QED) is 0.834. The molecule has 0 aromatic heterocycles. The average molecular weight is 331 g/mol. The summed E-state index contributed by atoms with van der Waals surface area (Å²) in [6.07, 6.45) is 2.34. The largest absolute Gasteiger partial charge is 0.469 e. The molecule has 0 aliphatic heterocycles. The summed E-state index contributed by atoms with van der Waals surface area (Å²) in [4.78, 5) is 23.6. The average Bonchev–Trinajstić information content (AvgIpc) is 2.90. The minimum Gasteiger partial charge on any atom is -0.469 e. The number of nitrogens with one attached hydrogen (secondary N) is 2. The van der Waals surface area contributed by atoms with E-state index in [0.717, 1.165) is 19.3 Å². The van der Waals surface area contributed by atoms with Crippen LogP contribution in [0.3, 0.4) is 0 Å². The van der Waals surface area contributed by atoms with E-state index in [2.05, 4.69) is 10.6 Å². The van der Waals surface area contributed by atoms with Gasteiger partial charge in [0.25, 0.3) is 0 Å². The molecular weight excluding hydrogens is 315 g/mol. The number of rotatable bonds is 3. The molecule has 5 nitrogen and oxygen atoms in total. The predicted octanol–water partition coefficient (Wildman–Crippen LogP) is 3.46. The van der Waals surface area contributed by atoms with E-state index in [1.807, 2.05) is 0 Å². The van der Waals surface area contributed by atoms with Crippen molar-refractivity contribution in [3.05, 3.63) is 28.2 Å². The van der Waals surface area contributed by atoms with Crippen LogP contribution < -0.4 is 10.6 Å². The number of ether oxygens (including phenoxy) is 1. The van der Waals surface area contributed by atoms with Crippen LogP contribution in [0.1, 0.15) is 19.3 Å². The summed E-state index contributed by atoms with van der Waals surface area (Å²) in [5.74, 6) is -0.589. The minimum atomic E-state index is -0.417. The van der Waals surface area contributed by atoms with Crippen LogP contribution >= 0.6 is 23.2 Å². The molecule has 1 aliphatic rings. The van der Waals surface area contributed by atoms with E-state index in [0.29, 0.717) is 15.7 Å². The zero-order valence-corrected chi connectivity index (χ0v) is 13.0. The molecule has 0 unspecified atom stereocenters. The highest BCUT2D eigenvalue weighted by Gasteiger charge is 2.34. The zero-order valence-electron chi connectivity index (χ0n) is 11.5. The molecule has 114 valence electrons. The molecule has 0 saturated heterocycles. The summed E-state index contributed by atoms with van der Waals surface area (Å²) < 4.78 is 4.75. The van der Waals surface area contributed by atoms with Crippen molar-refractivity contribution in [3.8, 4) is 0 Å². The molecule has 1 aromatic rings. The van der Waals surface area contributed by atoms with Crippen LogP contribution in [0.2, 0.25) is 10.0 Å². The molecule has 1 fully saturated rings. The maximum absolute atomic E-state index is 12.0. The number of benzene rings is 1. The maximum Gasteiger partial charge on any atom is 0.319 e. The fourth-order valence-electron chi connectivity index (χ4n) is 2.49. The van der Waals surface area contributed by atoms with E-state index in [4.69, 9.17) is 27.9 Å². The normalized spacial score (nSPS) is 20.9. The van der Waals surface area contributed by atoms with Gasteiger partial charge in [-0.1, -0.05) is 29.6 Å². The first-order chi connectivity index (χ1) is 10.0. The summed E-state index contributed by atoms with van der Waals surface area (Å²) in [6, 6.07) is 4.16. The number of carbonyl (C=O) groups is 2. The third-order valence-electron chi connectivity index (χ3n) is 3.51. The second-order valence-corrected chi connectivity index (χ2v) is 5.73. The number of methoxy groups -OCH3 is 1. The number of amides is 2. The van der Waals surface area contributed by atoms with E-state index in [1.54, 1.807) is 18.2 Å². The summed E-state index contributed by atoms with van der Waals surface area (Å²) in [5, 5.41) is 6.29. The van der Waals surface area contributed by atoms with E-state index in [9.17, 15) is 9.59 Å². The summed E-state index contributed by atoms with van der Waals surface area (Å²) >= 11 is 11.8. The molecule has 1 saturated carbocycles. The van der Waals surface area contributed by atoms with Crippen LogP contribution in [0.25, 0.3) is 0 Å². The van der Waals surface area contributed by atoms with Crippen molar-refractivity contribution in [2.75, 3.05) is 12.4 Å². The fraction of sp³-hybridized carbons (Fsp3) is 0.429. The molecule has 1 aliphatic carbocycles. The molecule has 2 atom stereocenters. The van der Waals surface area contributed by atoms with E-state index in [1.165, 1.54) is 7.11 Å². The number of anilines is 1. The number of hydrogen-bond acceptors (Lipinski definition) is 3. The van der Waals surface area contributed by atoms with Gasteiger partial charge in [0.2, 0.25) is 0 Å². The van der Waals surface area contributed by atoms with Gasteiger partial charge in [0.1, 0.15) is 0 Å². The third kappa shape index (κ3) is 4.02. The lowest BCUT2D eigenvalue weighted by atomic mass is 10.0. The van der Waals surface area contributed by atoms with Gasteiger partial charge in [-0.05, 0) is 31.0 Å². The van der Waals surface area contributed by atoms with E-state index in [-0.39, 0.29) is 17.9 Å². The van der Waals surface area contributed by atoms with Gasteiger partial charge in [-0.25, -0.2) is 4.79 Å². The standard InChI is InChI=1S/C14H16Cl2N2O3/c1-21-13(19)9-3-2-4-11(9)17-14(20)18-12-7-8(15)5-6-10(12)16/h5-7,9,11H,2-4H2,1H3,(H2,17,18,20)/t9-,11-/m0/s1. The first kappa shape index (κ1) is 15.9. The maximum atomic E-state index is 12.0. The fourth-order valence-corrected chi connectivity index (χ4v) is 2.82. The molecule has 0 bridgehead atoms. The molecule has 21 heavy (non-hydrogen) atoms. The molecule has 2 rings (SSSR count). The highest BCUT2D eigenvalue weighted by molar-refractivity contribution is 6.35. The van der Waals surface area contributed by atoms with Crippen LogP contribution in [-0.4, -0.2) is 25.2 Å². The van der Waals surface area contributed by atoms with Gasteiger partial charge in [0.05, 0.1) is 23.7 Å². The van der Waals surface area contributed by atoms with E-state index < -0.39 is 6.03 Å². The Labute approximate surface area is 132 Å². The highest BCUT2D eigenvalue weighted by Crippen LogP contribution is 2.28. The number of carbonyl (C=O) groups excluding carboxylic acids is 2. The van der Waals surface area contributed by atoms with Gasteiger partial charge < -0.3 is 15.4 Å². The smallest absolute Gasteiger partial charge is 0.319 e. The van der Waals surface area contributed by atoms with Gasteiger partial charge in [-0.15, -0.1) is 0 Å². The summed E-state index contributed by atoms with van der Waals surface area (Å²) in [5.41, 5.74) is 0.425. The summed E-state index contributed by atoms with van der Waals surface area (Å²) in [6.45, 7) is 0. The van der Waals surface area contributed by atoms with Gasteiger partial charge in [0, 0.05) is 11.1 Å². The van der Waals surface area contributed by atoms with Gasteiger partial charge in [0.15, 0.2) is 0 Å². The Morgan fingerprint density at radius 2 is 2.05 bits per heavy atom. The summed E-state index contributed by atoms with van der Waals surface area (Å²) in [7, 11) is 1.35. The lowest BCUT2D eigenvalue weighted by Crippen LogP contribution is -2.42. The Kier molecular flexibility index (Phi) is 5.31. The minimum absolute atomic E-state index is 0.226. The molecule has 0 heterocycles. The predicted molar refractivity (Wildman–Crippen MR) is 81.8 cm³/mol. The molecule has 2 N–H and O–H groups in total. The lowest BCUT2D eigenvalue weighted by molar-refractivity contribution is -0.145. The number of halogens is 2. The van der Waals surface area contributed by atoms with Crippen molar-refractivity contribution in [2.24, 2.45) is 5.92 Å². The molecule has 2 amide bonds. The van der Waals surface area contributed by atoms with Crippen molar-refractivity contribution in [2.45, 2.75) is 25.3 Å². The highest BCUT2D eigenvalue weighted by atomic mass is 35.5. The van der Waals surface area contributed by atoms with Crippen molar-refractivity contribution in [3.63, 3.8) is 0 Å². The van der Waals surface area contributed by atoms with Crippen molar-refractivity contribution >= 4 is 40.9 Å². The first-order valence-electron chi connectivity index (χ1n) is 6.61. The zero-order chi connectivity index (χ0) is 15.4. The molecule has 0 radical (unpaired) electrons. The van der Waals surface area contributed by atoms with Crippen LogP contribution in [0.4, 0.5) is 10.5 Å². The second kappa shape index (κ2) is 7.00. The van der Waals surface area contributed by atoms with Gasteiger partial charge in [-0.2, -0.15) is 0 Å². The van der Waals surface area contributed by atoms with E-state index >= 15 is 0 Å². The monoisotopic (exact) mass is 330 g/mol. The van der Waals surface area contributed by atoms with Crippen LogP contribution in [0.15, 0.2) is 18.2 Å². The molecular formula is C14H16Cl2N2O3. The van der Waals surface area contributed by atoms with Crippen molar-refractivity contribution in [1.82, 2.24) is 5.32 Å². The second-order valence-electron chi connectivity index (χ2n) is 4.89. The SMILES string of the molecule is COC(=O)[C@H]1CCC[C@@H]1NC(=O)Nc1cc(Cl)ccc1Cl. The van der Waals surface area contributed by atoms with Crippen molar-refractivity contribution in [1.29, 1.82) is 0 Å². The Balaban J connectivity index is 1.98. The van der Waals surface area contributed by atoms with Crippen LogP contribution in [0.5, 0.6) is 0 Å². The van der Waals surface area contributed by atoms with Crippen molar-refractivity contribution < 1.29 is 14.3 Å². The third-order valence-corrected chi connectivity index (χ3v) is 4.08. The molecule has 7 heteroatoms. The number of hydrogen-bond donors (Lipinski definition) is 2. The van der Waals surface area contributed by atoms with Gasteiger partial charge in [-0.3, -0.25) is 4.79 Å². The van der Waals surface area contributed by atoms with Crippen LogP contribution in [-0.2, 0) is 9.53 Å². The number of esters is 1. The Hall–Kier alpha value is -1.46. The Bertz CT molecular complexity index is 551. The first-order valence-corrected chi connectivity index (χ1v) is 7.37. The Morgan fingerprint density at radius 3 is 2.76 bits per heavy atom. The number of urea groups is 1. The lowest BCUT2D eigenvalue weighted by Gasteiger charge is -2.19. The Morgan fingerprint density at radius 1 is 1.29 bits per heavy atom. The van der Waals surface area contributed by atoms with Gasteiger partial charge >= 0.3 is 12.0 Å². The molecule has 1 aromatic carbocycles.